The SMILES string of the molecule is O=C(Nc1nc2ccc3ccccc3c2s1)c1ccco1. The van der Waals surface area contributed by atoms with E-state index in [9.17, 15) is 4.79 Å². The van der Waals surface area contributed by atoms with Crippen LogP contribution in [0.3, 0.4) is 0 Å². The van der Waals surface area contributed by atoms with Crippen LogP contribution in [0.5, 0.6) is 0 Å². The van der Waals surface area contributed by atoms with E-state index in [0.717, 1.165) is 21.0 Å². The fourth-order valence-electron chi connectivity index (χ4n) is 2.28. The molecule has 0 saturated heterocycles. The Bertz CT molecular complexity index is 941. The minimum Gasteiger partial charge on any atom is -0.459 e. The molecule has 0 radical (unpaired) electrons. The molecule has 1 amide bonds. The normalized spacial score (nSPS) is 11.0. The topological polar surface area (TPSA) is 55.1 Å². The van der Waals surface area contributed by atoms with E-state index in [4.69, 9.17) is 4.42 Å². The summed E-state index contributed by atoms with van der Waals surface area (Å²) in [5.41, 5.74) is 0.883. The van der Waals surface area contributed by atoms with Crippen molar-refractivity contribution in [2.24, 2.45) is 0 Å². The van der Waals surface area contributed by atoms with Crippen molar-refractivity contribution >= 4 is 43.4 Å². The van der Waals surface area contributed by atoms with Gasteiger partial charge in [0.05, 0.1) is 16.5 Å². The highest BCUT2D eigenvalue weighted by Gasteiger charge is 2.13. The van der Waals surface area contributed by atoms with Gasteiger partial charge in [0.25, 0.3) is 5.91 Å². The molecule has 0 saturated carbocycles. The first-order chi connectivity index (χ1) is 10.3. The second-order valence-electron chi connectivity index (χ2n) is 4.59. The van der Waals surface area contributed by atoms with Crippen LogP contribution in [0.25, 0.3) is 21.0 Å². The number of aromatic nitrogens is 1. The summed E-state index contributed by atoms with van der Waals surface area (Å²) in [6, 6.07) is 15.5. The first-order valence-corrected chi connectivity index (χ1v) is 7.26. The van der Waals surface area contributed by atoms with E-state index < -0.39 is 0 Å². The predicted molar refractivity (Wildman–Crippen MR) is 83.8 cm³/mol. The second-order valence-corrected chi connectivity index (χ2v) is 5.58. The summed E-state index contributed by atoms with van der Waals surface area (Å²) >= 11 is 1.47. The lowest BCUT2D eigenvalue weighted by molar-refractivity contribution is 0.0996. The lowest BCUT2D eigenvalue weighted by Gasteiger charge is -1.96. The number of hydrogen-bond donors (Lipinski definition) is 1. The van der Waals surface area contributed by atoms with Crippen LogP contribution in [0.2, 0.25) is 0 Å². The molecule has 5 heteroatoms. The highest BCUT2D eigenvalue weighted by Crippen LogP contribution is 2.32. The van der Waals surface area contributed by atoms with E-state index in [1.807, 2.05) is 24.3 Å². The van der Waals surface area contributed by atoms with Crippen molar-refractivity contribution in [3.05, 3.63) is 60.6 Å². The van der Waals surface area contributed by atoms with Crippen molar-refractivity contribution in [2.45, 2.75) is 0 Å². The molecule has 0 aliphatic rings. The number of nitrogens with one attached hydrogen (secondary N) is 1. The number of rotatable bonds is 2. The molecule has 2 heterocycles. The van der Waals surface area contributed by atoms with E-state index in [1.165, 1.54) is 17.6 Å². The van der Waals surface area contributed by atoms with Crippen molar-refractivity contribution in [3.63, 3.8) is 0 Å². The maximum Gasteiger partial charge on any atom is 0.293 e. The number of furan rings is 1. The Morgan fingerprint density at radius 3 is 2.86 bits per heavy atom. The first kappa shape index (κ1) is 12.1. The van der Waals surface area contributed by atoms with Gasteiger partial charge in [0.1, 0.15) is 0 Å². The molecule has 0 aliphatic carbocycles. The molecule has 0 bridgehead atoms. The fraction of sp³-hybridized carbons (Fsp3) is 0. The number of fused-ring (bicyclic) bond motifs is 3. The van der Waals surface area contributed by atoms with Gasteiger partial charge < -0.3 is 4.42 Å². The lowest BCUT2D eigenvalue weighted by atomic mass is 10.1. The Kier molecular flexibility index (Phi) is 2.72. The third-order valence-corrected chi connectivity index (χ3v) is 4.26. The number of carbonyl (C=O) groups excluding carboxylic acids is 1. The Morgan fingerprint density at radius 2 is 2.00 bits per heavy atom. The largest absolute Gasteiger partial charge is 0.459 e. The molecule has 21 heavy (non-hydrogen) atoms. The van der Waals surface area contributed by atoms with Gasteiger partial charge in [-0.25, -0.2) is 4.98 Å². The van der Waals surface area contributed by atoms with Gasteiger partial charge in [0, 0.05) is 5.39 Å². The zero-order chi connectivity index (χ0) is 14.2. The molecule has 0 unspecified atom stereocenters. The Morgan fingerprint density at radius 1 is 1.10 bits per heavy atom. The smallest absolute Gasteiger partial charge is 0.293 e. The number of benzene rings is 2. The highest BCUT2D eigenvalue weighted by molar-refractivity contribution is 7.23. The summed E-state index contributed by atoms with van der Waals surface area (Å²) < 4.78 is 6.15. The predicted octanol–water partition coefficient (Wildman–Crippen LogP) is 4.29. The van der Waals surface area contributed by atoms with Crippen molar-refractivity contribution in [2.75, 3.05) is 5.32 Å². The summed E-state index contributed by atoms with van der Waals surface area (Å²) in [5, 5.41) is 5.65. The number of anilines is 1. The van der Waals surface area contributed by atoms with Gasteiger partial charge in [-0.2, -0.15) is 0 Å². The molecule has 0 atom stereocenters. The minimum absolute atomic E-state index is 0.277. The van der Waals surface area contributed by atoms with Crippen LogP contribution in [0.15, 0.2) is 59.2 Å². The van der Waals surface area contributed by atoms with Crippen LogP contribution in [0, 0.1) is 0 Å². The van der Waals surface area contributed by atoms with E-state index in [2.05, 4.69) is 22.4 Å². The Balaban J connectivity index is 1.77. The van der Waals surface area contributed by atoms with Gasteiger partial charge in [-0.1, -0.05) is 41.7 Å². The molecular formula is C16H10N2O2S. The van der Waals surface area contributed by atoms with E-state index >= 15 is 0 Å². The summed E-state index contributed by atoms with van der Waals surface area (Å²) in [5.74, 6) is -0.0116. The van der Waals surface area contributed by atoms with E-state index in [0.29, 0.717) is 5.13 Å². The summed E-state index contributed by atoms with van der Waals surface area (Å²) in [7, 11) is 0. The molecule has 2 aromatic carbocycles. The Labute approximate surface area is 124 Å². The van der Waals surface area contributed by atoms with Crippen LogP contribution in [-0.2, 0) is 0 Å². The number of amides is 1. The van der Waals surface area contributed by atoms with Crippen LogP contribution in [-0.4, -0.2) is 10.9 Å². The van der Waals surface area contributed by atoms with E-state index in [-0.39, 0.29) is 11.7 Å². The molecule has 2 aromatic heterocycles. The summed E-state index contributed by atoms with van der Waals surface area (Å²) in [4.78, 5) is 16.4. The van der Waals surface area contributed by atoms with Crippen molar-refractivity contribution < 1.29 is 9.21 Å². The lowest BCUT2D eigenvalue weighted by Crippen LogP contribution is -2.10. The van der Waals surface area contributed by atoms with Crippen molar-refractivity contribution in [1.29, 1.82) is 0 Å². The molecular weight excluding hydrogens is 284 g/mol. The third kappa shape index (κ3) is 2.08. The highest BCUT2D eigenvalue weighted by atomic mass is 32.1. The number of hydrogen-bond acceptors (Lipinski definition) is 4. The zero-order valence-corrected chi connectivity index (χ0v) is 11.7. The van der Waals surface area contributed by atoms with Crippen LogP contribution in [0.1, 0.15) is 10.6 Å². The van der Waals surface area contributed by atoms with E-state index in [1.54, 1.807) is 12.1 Å². The van der Waals surface area contributed by atoms with Gasteiger partial charge in [-0.05, 0) is 23.6 Å². The molecule has 4 nitrogen and oxygen atoms in total. The molecule has 0 aliphatic heterocycles. The van der Waals surface area contributed by atoms with Gasteiger partial charge in [-0.3, -0.25) is 10.1 Å². The Hall–Kier alpha value is -2.66. The number of thiazole rings is 1. The van der Waals surface area contributed by atoms with Gasteiger partial charge in [0.2, 0.25) is 0 Å². The van der Waals surface area contributed by atoms with Crippen molar-refractivity contribution in [3.8, 4) is 0 Å². The van der Waals surface area contributed by atoms with Crippen LogP contribution >= 0.6 is 11.3 Å². The third-order valence-electron chi connectivity index (χ3n) is 3.24. The molecule has 1 N–H and O–H groups in total. The van der Waals surface area contributed by atoms with Crippen LogP contribution < -0.4 is 5.32 Å². The molecule has 4 rings (SSSR count). The fourth-order valence-corrected chi connectivity index (χ4v) is 3.27. The molecule has 4 aromatic rings. The summed E-state index contributed by atoms with van der Waals surface area (Å²) in [6.45, 7) is 0. The van der Waals surface area contributed by atoms with Gasteiger partial charge in [0.15, 0.2) is 10.9 Å². The quantitative estimate of drug-likeness (QED) is 0.600. The number of nitrogens with zero attached hydrogens (tertiary/aromatic N) is 1. The zero-order valence-electron chi connectivity index (χ0n) is 10.9. The summed E-state index contributed by atoms with van der Waals surface area (Å²) in [6.07, 6.45) is 1.47. The average Bonchev–Trinajstić information content (AvgIpc) is 3.16. The maximum atomic E-state index is 12.0. The molecule has 0 fully saturated rings. The average molecular weight is 294 g/mol. The second kappa shape index (κ2) is 4.71. The monoisotopic (exact) mass is 294 g/mol. The van der Waals surface area contributed by atoms with Gasteiger partial charge >= 0.3 is 0 Å². The van der Waals surface area contributed by atoms with Gasteiger partial charge in [-0.15, -0.1) is 0 Å². The minimum atomic E-state index is -0.289. The van der Waals surface area contributed by atoms with Crippen LogP contribution in [0.4, 0.5) is 5.13 Å². The number of carbonyl (C=O) groups is 1. The molecule has 102 valence electrons. The standard InChI is InChI=1S/C16H10N2O2S/c19-15(13-6-3-9-20-13)18-16-17-12-8-7-10-4-1-2-5-11(10)14(12)21-16/h1-9H,(H,17,18,19). The first-order valence-electron chi connectivity index (χ1n) is 6.44. The molecule has 0 spiro atoms. The maximum absolute atomic E-state index is 12.0. The van der Waals surface area contributed by atoms with Crippen molar-refractivity contribution in [1.82, 2.24) is 4.98 Å².